The highest BCUT2D eigenvalue weighted by molar-refractivity contribution is 5.84. The summed E-state index contributed by atoms with van der Waals surface area (Å²) in [6.45, 7) is 1.22. The molecule has 1 rings (SSSR count). The maximum atomic E-state index is 11.7. The Labute approximate surface area is 111 Å². The lowest BCUT2D eigenvalue weighted by Gasteiger charge is -2.21. The molecule has 0 aromatic heterocycles. The molecule has 0 heterocycles. The molecular formula is C13H17NO5. The largest absolute Gasteiger partial charge is 0.497 e. The zero-order valence-corrected chi connectivity index (χ0v) is 11.1. The van der Waals surface area contributed by atoms with Gasteiger partial charge >= 0.3 is 5.97 Å². The Morgan fingerprint density at radius 1 is 1.37 bits per heavy atom. The van der Waals surface area contributed by atoms with Crippen LogP contribution in [0.15, 0.2) is 24.3 Å². The molecule has 0 bridgehead atoms. The molecule has 0 fully saturated rings. The summed E-state index contributed by atoms with van der Waals surface area (Å²) in [6, 6.07) is 5.95. The number of hydrogen-bond donors (Lipinski definition) is 1. The van der Waals surface area contributed by atoms with Gasteiger partial charge in [-0.05, 0) is 19.1 Å². The number of carboxylic acids is 1. The summed E-state index contributed by atoms with van der Waals surface area (Å²) in [5, 5.41) is 8.80. The van der Waals surface area contributed by atoms with Gasteiger partial charge in [0, 0.05) is 13.1 Å². The molecule has 104 valence electrons. The third-order valence-corrected chi connectivity index (χ3v) is 2.74. The predicted octanol–water partition coefficient (Wildman–Crippen LogP) is 1.01. The van der Waals surface area contributed by atoms with Gasteiger partial charge in [-0.15, -0.1) is 0 Å². The van der Waals surface area contributed by atoms with Crippen molar-refractivity contribution in [2.45, 2.75) is 13.0 Å². The van der Waals surface area contributed by atoms with Crippen molar-refractivity contribution in [2.24, 2.45) is 0 Å². The molecule has 0 radical (unpaired) electrons. The van der Waals surface area contributed by atoms with Gasteiger partial charge in [-0.1, -0.05) is 6.07 Å². The van der Waals surface area contributed by atoms with E-state index in [9.17, 15) is 9.59 Å². The Bertz CT molecular complexity index is 460. The molecule has 19 heavy (non-hydrogen) atoms. The van der Waals surface area contributed by atoms with Crippen LogP contribution < -0.4 is 9.47 Å². The van der Waals surface area contributed by atoms with Crippen molar-refractivity contribution in [2.75, 3.05) is 20.8 Å². The van der Waals surface area contributed by atoms with E-state index >= 15 is 0 Å². The molecule has 1 unspecified atom stereocenters. The third-order valence-electron chi connectivity index (χ3n) is 2.74. The Morgan fingerprint density at radius 3 is 2.58 bits per heavy atom. The van der Waals surface area contributed by atoms with Gasteiger partial charge in [-0.3, -0.25) is 4.79 Å². The second-order valence-corrected chi connectivity index (χ2v) is 3.99. The van der Waals surface area contributed by atoms with E-state index in [1.165, 1.54) is 21.1 Å². The van der Waals surface area contributed by atoms with E-state index in [4.69, 9.17) is 14.6 Å². The number of amides is 1. The summed E-state index contributed by atoms with van der Waals surface area (Å²) in [4.78, 5) is 23.6. The molecule has 6 heteroatoms. The van der Waals surface area contributed by atoms with E-state index < -0.39 is 17.9 Å². The molecule has 6 nitrogen and oxygen atoms in total. The number of benzene rings is 1. The van der Waals surface area contributed by atoms with E-state index in [0.717, 1.165) is 4.90 Å². The lowest BCUT2D eigenvalue weighted by atomic mass is 10.3. The van der Waals surface area contributed by atoms with Crippen molar-refractivity contribution in [3.05, 3.63) is 24.3 Å². The van der Waals surface area contributed by atoms with Crippen molar-refractivity contribution >= 4 is 11.9 Å². The molecule has 0 spiro atoms. The van der Waals surface area contributed by atoms with Crippen LogP contribution in [0.25, 0.3) is 0 Å². The number of methoxy groups -OCH3 is 1. The molecule has 0 aliphatic rings. The number of hydrogen-bond acceptors (Lipinski definition) is 4. The van der Waals surface area contributed by atoms with Crippen molar-refractivity contribution in [3.63, 3.8) is 0 Å². The Hall–Kier alpha value is -2.24. The first kappa shape index (κ1) is 14.8. The van der Waals surface area contributed by atoms with E-state index in [1.807, 2.05) is 0 Å². The monoisotopic (exact) mass is 267 g/mol. The Balaban J connectivity index is 2.56. The minimum Gasteiger partial charge on any atom is -0.497 e. The maximum absolute atomic E-state index is 11.7. The minimum absolute atomic E-state index is 0.221. The van der Waals surface area contributed by atoms with Crippen LogP contribution in [0.5, 0.6) is 11.5 Å². The number of rotatable bonds is 6. The predicted molar refractivity (Wildman–Crippen MR) is 68.4 cm³/mol. The van der Waals surface area contributed by atoms with E-state index in [2.05, 4.69) is 0 Å². The van der Waals surface area contributed by atoms with Gasteiger partial charge in [0.25, 0.3) is 5.91 Å². The van der Waals surface area contributed by atoms with Crippen LogP contribution in [0, 0.1) is 0 Å². The minimum atomic E-state index is -1.06. The maximum Gasteiger partial charge on any atom is 0.326 e. The molecular weight excluding hydrogens is 250 g/mol. The summed E-state index contributed by atoms with van der Waals surface area (Å²) < 4.78 is 10.3. The van der Waals surface area contributed by atoms with Gasteiger partial charge < -0.3 is 19.5 Å². The van der Waals surface area contributed by atoms with Gasteiger partial charge in [0.15, 0.2) is 6.61 Å². The SMILES string of the molecule is COc1cccc(OCC(=O)N(C)C(C)C(=O)O)c1. The molecule has 1 amide bonds. The molecule has 1 N–H and O–H groups in total. The van der Waals surface area contributed by atoms with Crippen molar-refractivity contribution in [1.82, 2.24) is 4.90 Å². The van der Waals surface area contributed by atoms with Gasteiger partial charge in [0.2, 0.25) is 0 Å². The van der Waals surface area contributed by atoms with Gasteiger partial charge in [-0.25, -0.2) is 4.79 Å². The fraction of sp³-hybridized carbons (Fsp3) is 0.385. The first-order valence-electron chi connectivity index (χ1n) is 5.71. The van der Waals surface area contributed by atoms with Crippen LogP contribution in [-0.4, -0.2) is 48.7 Å². The van der Waals surface area contributed by atoms with E-state index in [1.54, 1.807) is 24.3 Å². The summed E-state index contributed by atoms with van der Waals surface area (Å²) >= 11 is 0. The third kappa shape index (κ3) is 4.17. The first-order valence-corrected chi connectivity index (χ1v) is 5.71. The lowest BCUT2D eigenvalue weighted by molar-refractivity contribution is -0.148. The van der Waals surface area contributed by atoms with Crippen LogP contribution in [-0.2, 0) is 9.59 Å². The van der Waals surface area contributed by atoms with Crippen molar-refractivity contribution in [1.29, 1.82) is 0 Å². The van der Waals surface area contributed by atoms with Gasteiger partial charge in [0.1, 0.15) is 17.5 Å². The fourth-order valence-electron chi connectivity index (χ4n) is 1.32. The number of carbonyl (C=O) groups excluding carboxylic acids is 1. The molecule has 1 atom stereocenters. The zero-order chi connectivity index (χ0) is 14.4. The highest BCUT2D eigenvalue weighted by Gasteiger charge is 2.21. The average molecular weight is 267 g/mol. The number of carboxylic acid groups (broad SMARTS) is 1. The summed E-state index contributed by atoms with van der Waals surface area (Å²) in [5.41, 5.74) is 0. The fourth-order valence-corrected chi connectivity index (χ4v) is 1.32. The van der Waals surface area contributed by atoms with E-state index in [0.29, 0.717) is 11.5 Å². The lowest BCUT2D eigenvalue weighted by Crippen LogP contribution is -2.42. The number of ether oxygens (including phenoxy) is 2. The second-order valence-electron chi connectivity index (χ2n) is 3.99. The van der Waals surface area contributed by atoms with Crippen LogP contribution in [0.3, 0.4) is 0 Å². The van der Waals surface area contributed by atoms with Gasteiger partial charge in [-0.2, -0.15) is 0 Å². The van der Waals surface area contributed by atoms with E-state index in [-0.39, 0.29) is 6.61 Å². The van der Waals surface area contributed by atoms with Crippen LogP contribution in [0.2, 0.25) is 0 Å². The summed E-state index contributed by atoms with van der Waals surface area (Å²) in [7, 11) is 2.96. The number of carbonyl (C=O) groups is 2. The molecule has 0 saturated heterocycles. The standard InChI is InChI=1S/C13H17NO5/c1-9(13(16)17)14(2)12(15)8-19-11-6-4-5-10(7-11)18-3/h4-7,9H,8H2,1-3H3,(H,16,17). The quantitative estimate of drug-likeness (QED) is 0.832. The zero-order valence-electron chi connectivity index (χ0n) is 11.1. The second kappa shape index (κ2) is 6.63. The van der Waals surface area contributed by atoms with Crippen molar-refractivity contribution in [3.8, 4) is 11.5 Å². The number of nitrogens with zero attached hydrogens (tertiary/aromatic N) is 1. The van der Waals surface area contributed by atoms with Crippen LogP contribution in [0.1, 0.15) is 6.92 Å². The normalized spacial score (nSPS) is 11.5. The van der Waals surface area contributed by atoms with Crippen LogP contribution in [0.4, 0.5) is 0 Å². The molecule has 1 aromatic rings. The Kier molecular flexibility index (Phi) is 5.17. The topological polar surface area (TPSA) is 76.1 Å². The first-order chi connectivity index (χ1) is 8.95. The van der Waals surface area contributed by atoms with Gasteiger partial charge in [0.05, 0.1) is 7.11 Å². The van der Waals surface area contributed by atoms with Crippen molar-refractivity contribution < 1.29 is 24.2 Å². The average Bonchev–Trinajstić information content (AvgIpc) is 2.43. The highest BCUT2D eigenvalue weighted by atomic mass is 16.5. The number of aliphatic carboxylic acids is 1. The molecule has 0 saturated carbocycles. The smallest absolute Gasteiger partial charge is 0.326 e. The number of likely N-dealkylation sites (N-methyl/N-ethyl adjacent to an activating group) is 1. The highest BCUT2D eigenvalue weighted by Crippen LogP contribution is 2.18. The molecule has 0 aliphatic heterocycles. The molecule has 0 aliphatic carbocycles. The molecule has 1 aromatic carbocycles. The van der Waals surface area contributed by atoms with Crippen LogP contribution >= 0.6 is 0 Å². The summed E-state index contributed by atoms with van der Waals surface area (Å²) in [5.74, 6) is -0.351. The Morgan fingerprint density at radius 2 is 2.00 bits per heavy atom. The summed E-state index contributed by atoms with van der Waals surface area (Å²) in [6.07, 6.45) is 0.